The summed E-state index contributed by atoms with van der Waals surface area (Å²) in [5.74, 6) is -1.32. The lowest BCUT2D eigenvalue weighted by molar-refractivity contribution is -0.137. The molecule has 1 aliphatic rings. The maximum Gasteiger partial charge on any atom is 0.416 e. The van der Waals surface area contributed by atoms with Crippen molar-refractivity contribution in [3.63, 3.8) is 0 Å². The zero-order chi connectivity index (χ0) is 23.0. The molecule has 3 rings (SSSR count). The molecule has 13 heteroatoms. The normalized spacial score (nSPS) is 18.0. The fraction of sp³-hybridized carbons (Fsp3) is 0.389. The predicted molar refractivity (Wildman–Crippen MR) is 104 cm³/mol. The summed E-state index contributed by atoms with van der Waals surface area (Å²) in [5.41, 5.74) is -2.73. The molecule has 1 atom stereocenters. The standard InChI is InChI=1S/C18H19F3N4O5S/c1-10-14(16(27)24-17(28)22-10)31(29,30)25-8-2-3-11(9-25)15(26)23-13-6-4-12(5-7-13)18(19,20)21/h4-7,11H,2-3,8-9H2,1H3,(H,23,26)(H2,22,24,27,28)/t11-/m0/s1. The highest BCUT2D eigenvalue weighted by Gasteiger charge is 2.36. The number of hydrogen-bond acceptors (Lipinski definition) is 5. The number of rotatable bonds is 4. The number of aryl methyl sites for hydroxylation is 1. The molecule has 9 nitrogen and oxygen atoms in total. The van der Waals surface area contributed by atoms with Crippen LogP contribution in [-0.2, 0) is 21.0 Å². The first-order chi connectivity index (χ1) is 14.4. The molecule has 2 heterocycles. The Bertz CT molecular complexity index is 1200. The van der Waals surface area contributed by atoms with Crippen molar-refractivity contribution in [3.05, 3.63) is 56.4 Å². The van der Waals surface area contributed by atoms with Gasteiger partial charge in [0.05, 0.1) is 11.5 Å². The Labute approximate surface area is 174 Å². The van der Waals surface area contributed by atoms with Gasteiger partial charge >= 0.3 is 11.9 Å². The van der Waals surface area contributed by atoms with Gasteiger partial charge in [-0.15, -0.1) is 0 Å². The van der Waals surface area contributed by atoms with Crippen LogP contribution in [0, 0.1) is 12.8 Å². The molecular weight excluding hydrogens is 441 g/mol. The van der Waals surface area contributed by atoms with Crippen LogP contribution in [0.1, 0.15) is 24.1 Å². The van der Waals surface area contributed by atoms with Gasteiger partial charge < -0.3 is 10.3 Å². The van der Waals surface area contributed by atoms with E-state index in [4.69, 9.17) is 0 Å². The maximum atomic E-state index is 12.9. The van der Waals surface area contributed by atoms with Crippen molar-refractivity contribution in [1.82, 2.24) is 14.3 Å². The molecule has 0 aliphatic carbocycles. The average molecular weight is 460 g/mol. The van der Waals surface area contributed by atoms with E-state index in [1.54, 1.807) is 0 Å². The molecule has 1 aliphatic heterocycles. The Morgan fingerprint density at radius 3 is 2.39 bits per heavy atom. The lowest BCUT2D eigenvalue weighted by atomic mass is 9.98. The van der Waals surface area contributed by atoms with Gasteiger partial charge in [0.1, 0.15) is 0 Å². The molecule has 1 fully saturated rings. The van der Waals surface area contributed by atoms with E-state index >= 15 is 0 Å². The number of halogens is 3. The van der Waals surface area contributed by atoms with Gasteiger partial charge in [-0.3, -0.25) is 14.6 Å². The van der Waals surface area contributed by atoms with Crippen molar-refractivity contribution < 1.29 is 26.4 Å². The molecular formula is C18H19F3N4O5S. The zero-order valence-electron chi connectivity index (χ0n) is 16.2. The van der Waals surface area contributed by atoms with Gasteiger partial charge in [0, 0.05) is 24.5 Å². The molecule has 1 aromatic carbocycles. The fourth-order valence-electron chi connectivity index (χ4n) is 3.39. The Kier molecular flexibility index (Phi) is 6.09. The van der Waals surface area contributed by atoms with Crippen LogP contribution in [0.3, 0.4) is 0 Å². The van der Waals surface area contributed by atoms with E-state index in [9.17, 15) is 36.0 Å². The quantitative estimate of drug-likeness (QED) is 0.635. The van der Waals surface area contributed by atoms with Crippen LogP contribution in [-0.4, -0.2) is 41.7 Å². The highest BCUT2D eigenvalue weighted by molar-refractivity contribution is 7.89. The molecule has 0 bridgehead atoms. The molecule has 0 unspecified atom stereocenters. The molecule has 1 amide bonds. The van der Waals surface area contributed by atoms with Crippen LogP contribution >= 0.6 is 0 Å². The predicted octanol–water partition coefficient (Wildman–Crippen LogP) is 1.43. The summed E-state index contributed by atoms with van der Waals surface area (Å²) in [4.78, 5) is 39.5. The fourth-order valence-corrected chi connectivity index (χ4v) is 5.12. The Balaban J connectivity index is 1.76. The summed E-state index contributed by atoms with van der Waals surface area (Å²) in [6, 6.07) is 3.89. The first-order valence-corrected chi connectivity index (χ1v) is 10.6. The minimum absolute atomic E-state index is 0.0738. The number of anilines is 1. The maximum absolute atomic E-state index is 12.9. The number of aromatic nitrogens is 2. The number of alkyl halides is 3. The van der Waals surface area contributed by atoms with Crippen molar-refractivity contribution in [3.8, 4) is 0 Å². The second-order valence-corrected chi connectivity index (χ2v) is 9.00. The lowest BCUT2D eigenvalue weighted by Gasteiger charge is -2.31. The van der Waals surface area contributed by atoms with Gasteiger partial charge in [-0.25, -0.2) is 13.2 Å². The van der Waals surface area contributed by atoms with E-state index in [2.05, 4.69) is 10.3 Å². The average Bonchev–Trinajstić information content (AvgIpc) is 2.66. The van der Waals surface area contributed by atoms with Crippen LogP contribution in [0.25, 0.3) is 0 Å². The smallest absolute Gasteiger partial charge is 0.326 e. The third-order valence-corrected chi connectivity index (χ3v) is 6.93. The van der Waals surface area contributed by atoms with Crippen molar-refractivity contribution in [2.45, 2.75) is 30.8 Å². The van der Waals surface area contributed by atoms with Gasteiger partial charge in [0.2, 0.25) is 15.9 Å². The largest absolute Gasteiger partial charge is 0.416 e. The van der Waals surface area contributed by atoms with E-state index in [1.807, 2.05) is 4.98 Å². The number of carbonyl (C=O) groups excluding carboxylic acids is 1. The minimum atomic E-state index is -4.50. The topological polar surface area (TPSA) is 132 Å². The summed E-state index contributed by atoms with van der Waals surface area (Å²) in [6.07, 6.45) is -3.80. The summed E-state index contributed by atoms with van der Waals surface area (Å²) >= 11 is 0. The second kappa shape index (κ2) is 8.30. The van der Waals surface area contributed by atoms with E-state index in [0.29, 0.717) is 12.8 Å². The van der Waals surface area contributed by atoms with E-state index in [0.717, 1.165) is 28.6 Å². The Morgan fingerprint density at radius 1 is 1.16 bits per heavy atom. The number of benzene rings is 1. The van der Waals surface area contributed by atoms with Crippen LogP contribution in [0.4, 0.5) is 18.9 Å². The number of nitrogens with one attached hydrogen (secondary N) is 3. The molecule has 0 radical (unpaired) electrons. The number of hydrogen-bond donors (Lipinski definition) is 3. The first-order valence-electron chi connectivity index (χ1n) is 9.21. The summed E-state index contributed by atoms with van der Waals surface area (Å²) in [7, 11) is -4.29. The summed E-state index contributed by atoms with van der Waals surface area (Å²) < 4.78 is 64.8. The number of nitrogens with zero attached hydrogens (tertiary/aromatic N) is 1. The number of H-pyrrole nitrogens is 2. The second-order valence-electron chi connectivity index (χ2n) is 7.13. The van der Waals surface area contributed by atoms with Gasteiger partial charge in [-0.05, 0) is 44.0 Å². The highest BCUT2D eigenvalue weighted by Crippen LogP contribution is 2.30. The molecule has 0 saturated carbocycles. The third kappa shape index (κ3) is 4.88. The molecule has 0 spiro atoms. The van der Waals surface area contributed by atoms with E-state index in [1.165, 1.54) is 6.92 Å². The van der Waals surface area contributed by atoms with E-state index in [-0.39, 0.29) is 24.5 Å². The van der Waals surface area contributed by atoms with Crippen LogP contribution < -0.4 is 16.6 Å². The molecule has 1 aromatic heterocycles. The Morgan fingerprint density at radius 2 is 1.81 bits per heavy atom. The number of sulfonamides is 1. The third-order valence-electron chi connectivity index (χ3n) is 4.91. The number of amides is 1. The van der Waals surface area contributed by atoms with E-state index < -0.39 is 49.7 Å². The molecule has 1 saturated heterocycles. The molecule has 168 valence electrons. The van der Waals surface area contributed by atoms with Crippen LogP contribution in [0.5, 0.6) is 0 Å². The number of carbonyl (C=O) groups is 1. The van der Waals surface area contributed by atoms with Crippen LogP contribution in [0.15, 0.2) is 38.8 Å². The minimum Gasteiger partial charge on any atom is -0.326 e. The SMILES string of the molecule is Cc1[nH]c(=O)[nH]c(=O)c1S(=O)(=O)N1CCC[C@H](C(=O)Nc2ccc(C(F)(F)F)cc2)C1. The van der Waals surface area contributed by atoms with Gasteiger partial charge in [0.25, 0.3) is 5.56 Å². The van der Waals surface area contributed by atoms with Gasteiger partial charge in [0.15, 0.2) is 4.90 Å². The number of aromatic amines is 2. The number of piperidine rings is 1. The molecule has 31 heavy (non-hydrogen) atoms. The summed E-state index contributed by atoms with van der Waals surface area (Å²) in [5, 5.41) is 2.49. The van der Waals surface area contributed by atoms with Crippen molar-refractivity contribution in [2.75, 3.05) is 18.4 Å². The summed E-state index contributed by atoms with van der Waals surface area (Å²) in [6.45, 7) is 1.14. The van der Waals surface area contributed by atoms with Crippen molar-refractivity contribution in [2.24, 2.45) is 5.92 Å². The van der Waals surface area contributed by atoms with Gasteiger partial charge in [-0.2, -0.15) is 17.5 Å². The van der Waals surface area contributed by atoms with Crippen molar-refractivity contribution in [1.29, 1.82) is 0 Å². The Hall–Kier alpha value is -2.93. The monoisotopic (exact) mass is 460 g/mol. The van der Waals surface area contributed by atoms with Crippen LogP contribution in [0.2, 0.25) is 0 Å². The molecule has 2 aromatic rings. The lowest BCUT2D eigenvalue weighted by Crippen LogP contribution is -2.45. The van der Waals surface area contributed by atoms with Gasteiger partial charge in [-0.1, -0.05) is 0 Å². The highest BCUT2D eigenvalue weighted by atomic mass is 32.2. The molecule has 3 N–H and O–H groups in total. The zero-order valence-corrected chi connectivity index (χ0v) is 17.1. The first kappa shape index (κ1) is 22.7. The van der Waals surface area contributed by atoms with Crippen molar-refractivity contribution >= 4 is 21.6 Å².